The van der Waals surface area contributed by atoms with E-state index in [1.165, 1.54) is 12.8 Å². The molecule has 2 amide bonds. The van der Waals surface area contributed by atoms with Gasteiger partial charge in [0, 0.05) is 67.9 Å². The zero-order valence-electron chi connectivity index (χ0n) is 26.4. The van der Waals surface area contributed by atoms with Crippen LogP contribution in [0.1, 0.15) is 52.0 Å². The number of imidazole rings is 1. The lowest BCUT2D eigenvalue weighted by atomic mass is 10.0. The van der Waals surface area contributed by atoms with E-state index >= 15 is 0 Å². The average Bonchev–Trinajstić information content (AvgIpc) is 3.26. The summed E-state index contributed by atoms with van der Waals surface area (Å²) < 4.78 is 10.2. The predicted molar refractivity (Wildman–Crippen MR) is 175 cm³/mol. The van der Waals surface area contributed by atoms with Crippen molar-refractivity contribution in [3.05, 3.63) is 65.2 Å². The van der Waals surface area contributed by atoms with Crippen molar-refractivity contribution in [1.29, 1.82) is 0 Å². The molecule has 2 aliphatic heterocycles. The molecule has 2 bridgehead atoms. The van der Waals surface area contributed by atoms with Gasteiger partial charge < -0.3 is 29.4 Å². The molecule has 3 atom stereocenters. The van der Waals surface area contributed by atoms with Crippen molar-refractivity contribution in [1.82, 2.24) is 28.9 Å². The first-order chi connectivity index (χ1) is 22.3. The van der Waals surface area contributed by atoms with Crippen LogP contribution in [0.15, 0.2) is 48.5 Å². The Bertz CT molecular complexity index is 2110. The van der Waals surface area contributed by atoms with Crippen LogP contribution in [0.2, 0.25) is 0 Å². The molecular weight excluding hydrogens is 578 g/mol. The zero-order valence-corrected chi connectivity index (χ0v) is 26.4. The van der Waals surface area contributed by atoms with E-state index in [-0.39, 0.29) is 23.9 Å². The molecule has 2 aliphatic carbocycles. The number of nitrogens with zero attached hydrogens (tertiary/aromatic N) is 6. The number of pyridine rings is 1. The van der Waals surface area contributed by atoms with Gasteiger partial charge in [0.05, 0.1) is 24.0 Å². The number of hydrogen-bond acceptors (Lipinski definition) is 6. The van der Waals surface area contributed by atoms with Gasteiger partial charge in [0.1, 0.15) is 16.9 Å². The Balaban J connectivity index is 1.14. The number of carbonyl (C=O) groups excluding carboxylic acids is 2. The Labute approximate surface area is 266 Å². The van der Waals surface area contributed by atoms with Crippen molar-refractivity contribution >= 4 is 33.9 Å². The number of rotatable bonds is 6. The summed E-state index contributed by atoms with van der Waals surface area (Å²) in [4.78, 5) is 40.5. The number of fused-ring (bicyclic) bond motifs is 5. The number of aromatic nitrogens is 4. The van der Waals surface area contributed by atoms with Crippen molar-refractivity contribution in [2.45, 2.75) is 50.9 Å². The number of hydrogen-bond donors (Lipinski definition) is 1. The van der Waals surface area contributed by atoms with Gasteiger partial charge >= 0.3 is 0 Å². The van der Waals surface area contributed by atoms with Crippen LogP contribution in [0.4, 0.5) is 0 Å². The topological polar surface area (TPSA) is 112 Å². The van der Waals surface area contributed by atoms with Gasteiger partial charge in [-0.05, 0) is 79.5 Å². The number of nitrogens with two attached hydrogens (primary N) is 1. The predicted octanol–water partition coefficient (Wildman–Crippen LogP) is 4.82. The highest BCUT2D eigenvalue weighted by Gasteiger charge is 2.47. The van der Waals surface area contributed by atoms with Crippen LogP contribution in [0.25, 0.3) is 44.8 Å². The number of likely N-dealkylation sites (tertiary alicyclic amines) is 1. The molecule has 0 radical (unpaired) electrons. The molecular formula is C36H37N7O3. The first kappa shape index (κ1) is 27.6. The molecule has 2 N–H and O–H groups in total. The minimum atomic E-state index is -0.00507. The third-order valence-corrected chi connectivity index (χ3v) is 10.8. The lowest BCUT2D eigenvalue weighted by Crippen LogP contribution is -2.41. The summed E-state index contributed by atoms with van der Waals surface area (Å²) in [5.41, 5.74) is 14.0. The third-order valence-electron chi connectivity index (χ3n) is 10.8. The third kappa shape index (κ3) is 4.05. The molecule has 46 heavy (non-hydrogen) atoms. The molecule has 0 spiro atoms. The SMILES string of the molecule is COc1cc(C(=O)N2C[C@H]3CC[C@@H]2[C@@H]3N)cc2nc(-c3cc4ccc(-c5ccc6c(c5)C(=O)N(C)C6)nc4n3CC3CC3)n(C)c12. The van der Waals surface area contributed by atoms with Gasteiger partial charge in [0.15, 0.2) is 5.82 Å². The fraction of sp³-hybridized carbons (Fsp3) is 0.389. The number of amides is 2. The maximum absolute atomic E-state index is 13.7. The lowest BCUT2D eigenvalue weighted by molar-refractivity contribution is 0.0700. The van der Waals surface area contributed by atoms with Crippen LogP contribution >= 0.6 is 0 Å². The van der Waals surface area contributed by atoms with E-state index in [0.29, 0.717) is 36.2 Å². The summed E-state index contributed by atoms with van der Waals surface area (Å²) in [7, 11) is 5.48. The number of methoxy groups -OCH3 is 1. The maximum Gasteiger partial charge on any atom is 0.254 e. The Kier molecular flexibility index (Phi) is 5.94. The van der Waals surface area contributed by atoms with Crippen LogP contribution in [-0.4, -0.2) is 73.5 Å². The van der Waals surface area contributed by atoms with E-state index in [2.05, 4.69) is 27.3 Å². The van der Waals surface area contributed by atoms with Crippen LogP contribution in [-0.2, 0) is 20.1 Å². The molecule has 2 saturated carbocycles. The van der Waals surface area contributed by atoms with E-state index in [0.717, 1.165) is 75.4 Å². The van der Waals surface area contributed by atoms with Crippen molar-refractivity contribution < 1.29 is 14.3 Å². The summed E-state index contributed by atoms with van der Waals surface area (Å²) >= 11 is 0. The van der Waals surface area contributed by atoms with Crippen LogP contribution in [0, 0.1) is 11.8 Å². The van der Waals surface area contributed by atoms with Crippen molar-refractivity contribution in [2.24, 2.45) is 24.6 Å². The first-order valence-electron chi connectivity index (χ1n) is 16.3. The molecule has 5 aromatic rings. The van der Waals surface area contributed by atoms with E-state index in [9.17, 15) is 9.59 Å². The zero-order chi connectivity index (χ0) is 31.4. The number of benzene rings is 2. The van der Waals surface area contributed by atoms with E-state index < -0.39 is 0 Å². The second kappa shape index (κ2) is 9.90. The van der Waals surface area contributed by atoms with Gasteiger partial charge in [-0.3, -0.25) is 9.59 Å². The molecule has 9 rings (SSSR count). The van der Waals surface area contributed by atoms with Gasteiger partial charge in [-0.1, -0.05) is 12.1 Å². The number of carbonyl (C=O) groups is 2. The molecule has 10 heteroatoms. The van der Waals surface area contributed by atoms with Crippen molar-refractivity contribution in [3.63, 3.8) is 0 Å². The van der Waals surface area contributed by atoms with E-state index in [1.54, 1.807) is 12.0 Å². The fourth-order valence-electron chi connectivity index (χ4n) is 8.09. The number of piperidine rings is 1. The standard InChI is InChI=1S/C36H37N7O3/c1-40-17-22-7-6-20(12-25(22)36(40)45)26-10-8-21-14-29(42(33(21)38-26)16-19-4-5-19)34-39-27-13-24(15-30(46-3)32(27)41(34)2)35(44)43-18-23-9-11-28(43)31(23)37/h6-8,10,12-15,19,23,28,31H,4-5,9,11,16-18,37H2,1-3H3/t23-,28-,31-/m1/s1. The quantitative estimate of drug-likeness (QED) is 0.293. The number of ether oxygens (including phenoxy) is 1. The largest absolute Gasteiger partial charge is 0.494 e. The van der Waals surface area contributed by atoms with Gasteiger partial charge in [0.2, 0.25) is 0 Å². The van der Waals surface area contributed by atoms with Gasteiger partial charge in [-0.2, -0.15) is 0 Å². The molecule has 1 saturated heterocycles. The monoisotopic (exact) mass is 615 g/mol. The second-order valence-electron chi connectivity index (χ2n) is 13.7. The molecule has 3 aromatic heterocycles. The van der Waals surface area contributed by atoms with Crippen molar-refractivity contribution in [2.75, 3.05) is 20.7 Å². The van der Waals surface area contributed by atoms with Crippen LogP contribution in [0.3, 0.4) is 0 Å². The smallest absolute Gasteiger partial charge is 0.254 e. The summed E-state index contributed by atoms with van der Waals surface area (Å²) in [6, 6.07) is 16.3. The lowest BCUT2D eigenvalue weighted by Gasteiger charge is -2.27. The molecule has 234 valence electrons. The average molecular weight is 616 g/mol. The Morgan fingerprint density at radius 1 is 1.02 bits per heavy atom. The second-order valence-corrected chi connectivity index (χ2v) is 13.7. The molecule has 2 aromatic carbocycles. The highest BCUT2D eigenvalue weighted by Crippen LogP contribution is 2.40. The van der Waals surface area contributed by atoms with Gasteiger partial charge in [0.25, 0.3) is 11.8 Å². The van der Waals surface area contributed by atoms with Gasteiger partial charge in [-0.15, -0.1) is 0 Å². The Morgan fingerprint density at radius 3 is 2.61 bits per heavy atom. The maximum atomic E-state index is 13.7. The normalized spacial score (nSPS) is 22.1. The summed E-state index contributed by atoms with van der Waals surface area (Å²) in [5, 5.41) is 1.03. The summed E-state index contributed by atoms with van der Waals surface area (Å²) in [6.07, 6.45) is 4.46. The molecule has 0 unspecified atom stereocenters. The highest BCUT2D eigenvalue weighted by atomic mass is 16.5. The first-order valence-corrected chi connectivity index (χ1v) is 16.3. The summed E-state index contributed by atoms with van der Waals surface area (Å²) in [5.74, 6) is 2.45. The number of aryl methyl sites for hydroxylation is 1. The minimum Gasteiger partial charge on any atom is -0.494 e. The molecule has 10 nitrogen and oxygen atoms in total. The van der Waals surface area contributed by atoms with Crippen LogP contribution in [0.5, 0.6) is 5.75 Å². The van der Waals surface area contributed by atoms with Crippen LogP contribution < -0.4 is 10.5 Å². The molecule has 5 heterocycles. The fourth-order valence-corrected chi connectivity index (χ4v) is 8.09. The Hall–Kier alpha value is -4.70. The van der Waals surface area contributed by atoms with E-state index in [4.69, 9.17) is 20.4 Å². The van der Waals surface area contributed by atoms with Crippen molar-refractivity contribution in [3.8, 4) is 28.5 Å². The molecule has 4 aliphatic rings. The van der Waals surface area contributed by atoms with E-state index in [1.807, 2.05) is 49.3 Å². The highest BCUT2D eigenvalue weighted by molar-refractivity contribution is 6.01. The van der Waals surface area contributed by atoms with Gasteiger partial charge in [-0.25, -0.2) is 9.97 Å². The summed E-state index contributed by atoms with van der Waals surface area (Å²) in [6.45, 7) is 2.21. The molecule has 3 fully saturated rings. The Morgan fingerprint density at radius 2 is 1.87 bits per heavy atom. The minimum absolute atomic E-state index is 0.00507.